The quantitative estimate of drug-likeness (QED) is 0.513. The fourth-order valence-electron chi connectivity index (χ4n) is 1.87. The van der Waals surface area contributed by atoms with Crippen LogP contribution in [-0.2, 0) is 30.4 Å². The summed E-state index contributed by atoms with van der Waals surface area (Å²) < 4.78 is 9.11. The molecular weight excluding hydrogens is 346 g/mol. The van der Waals surface area contributed by atoms with Gasteiger partial charge in [0.2, 0.25) is 5.82 Å². The molecule has 136 valence electrons. The maximum absolute atomic E-state index is 11.8. The van der Waals surface area contributed by atoms with Gasteiger partial charge in [-0.2, -0.15) is 4.80 Å². The van der Waals surface area contributed by atoms with Crippen LogP contribution in [0.25, 0.3) is 11.4 Å². The van der Waals surface area contributed by atoms with E-state index in [4.69, 9.17) is 5.11 Å². The predicted octanol–water partition coefficient (Wildman–Crippen LogP) is 0.0665. The van der Waals surface area contributed by atoms with Gasteiger partial charge in [0.25, 0.3) is 0 Å². The van der Waals surface area contributed by atoms with E-state index in [0.717, 1.165) is 10.9 Å². The first-order valence-corrected chi connectivity index (χ1v) is 7.18. The van der Waals surface area contributed by atoms with Gasteiger partial charge in [-0.3, -0.25) is 4.79 Å². The molecule has 0 aliphatic carbocycles. The van der Waals surface area contributed by atoms with Crippen LogP contribution >= 0.6 is 0 Å². The Kier molecular flexibility index (Phi) is 5.98. The normalized spacial score (nSPS) is 10.9. The fraction of sp³-hybridized carbons (Fsp3) is 0.200. The van der Waals surface area contributed by atoms with Crippen LogP contribution in [0.15, 0.2) is 36.0 Å². The first kappa shape index (κ1) is 18.6. The van der Waals surface area contributed by atoms with Crippen LogP contribution in [0.3, 0.4) is 0 Å². The summed E-state index contributed by atoms with van der Waals surface area (Å²) in [4.78, 5) is 34.8. The molecule has 0 aliphatic heterocycles. The molecule has 0 spiro atoms. The number of aromatic nitrogens is 4. The van der Waals surface area contributed by atoms with Crippen molar-refractivity contribution in [2.75, 3.05) is 19.5 Å². The number of methoxy groups -OCH3 is 2. The third kappa shape index (κ3) is 4.87. The minimum Gasteiger partial charge on any atom is -0.480 e. The van der Waals surface area contributed by atoms with Gasteiger partial charge in [0.1, 0.15) is 5.70 Å². The van der Waals surface area contributed by atoms with Crippen molar-refractivity contribution in [2.45, 2.75) is 6.54 Å². The van der Waals surface area contributed by atoms with E-state index in [9.17, 15) is 14.4 Å². The lowest BCUT2D eigenvalue weighted by atomic mass is 10.2. The number of carboxylic acids is 1. The van der Waals surface area contributed by atoms with Crippen LogP contribution in [0.1, 0.15) is 0 Å². The molecule has 11 nitrogen and oxygen atoms in total. The molecule has 0 atom stereocenters. The summed E-state index contributed by atoms with van der Waals surface area (Å²) in [6, 6.07) is 6.56. The zero-order chi connectivity index (χ0) is 19.1. The minimum absolute atomic E-state index is 0.126. The van der Waals surface area contributed by atoms with Gasteiger partial charge in [-0.05, 0) is 17.3 Å². The number of aliphatic carboxylic acids is 1. The Bertz CT molecular complexity index is 860. The van der Waals surface area contributed by atoms with E-state index in [1.807, 2.05) is 0 Å². The van der Waals surface area contributed by atoms with Crippen molar-refractivity contribution in [1.29, 1.82) is 0 Å². The Morgan fingerprint density at radius 3 is 2.69 bits per heavy atom. The molecule has 26 heavy (non-hydrogen) atoms. The van der Waals surface area contributed by atoms with Crippen molar-refractivity contribution in [2.24, 2.45) is 0 Å². The molecule has 0 aliphatic rings. The van der Waals surface area contributed by atoms with Crippen LogP contribution in [0.2, 0.25) is 0 Å². The third-order valence-corrected chi connectivity index (χ3v) is 3.00. The summed E-state index contributed by atoms with van der Waals surface area (Å²) in [6.07, 6.45) is 0.958. The molecule has 0 saturated carbocycles. The van der Waals surface area contributed by atoms with Crippen molar-refractivity contribution < 1.29 is 29.0 Å². The molecule has 0 bridgehead atoms. The molecule has 2 N–H and O–H groups in total. The number of hydrogen-bond donors (Lipinski definition) is 2. The topological polar surface area (TPSA) is 146 Å². The number of carbonyl (C=O) groups is 3. The lowest BCUT2D eigenvalue weighted by molar-refractivity contribution is -0.138. The van der Waals surface area contributed by atoms with Gasteiger partial charge in [-0.25, -0.2) is 9.59 Å². The van der Waals surface area contributed by atoms with Crippen molar-refractivity contribution in [3.63, 3.8) is 0 Å². The van der Waals surface area contributed by atoms with Crippen LogP contribution in [-0.4, -0.2) is 57.4 Å². The largest absolute Gasteiger partial charge is 0.480 e. The van der Waals surface area contributed by atoms with Gasteiger partial charge in [0.15, 0.2) is 6.54 Å². The maximum Gasteiger partial charge on any atom is 0.354 e. The molecule has 1 heterocycles. The summed E-state index contributed by atoms with van der Waals surface area (Å²) >= 11 is 0. The molecule has 0 fully saturated rings. The smallest absolute Gasteiger partial charge is 0.354 e. The summed E-state index contributed by atoms with van der Waals surface area (Å²) in [7, 11) is 2.36. The van der Waals surface area contributed by atoms with Gasteiger partial charge >= 0.3 is 17.9 Å². The second-order valence-corrected chi connectivity index (χ2v) is 4.82. The molecule has 1 aromatic carbocycles. The number of hydrogen-bond acceptors (Lipinski definition) is 9. The minimum atomic E-state index is -1.10. The first-order valence-electron chi connectivity index (χ1n) is 7.18. The van der Waals surface area contributed by atoms with Crippen LogP contribution in [0.4, 0.5) is 5.69 Å². The number of nitrogens with zero attached hydrogens (tertiary/aromatic N) is 4. The standard InChI is InChI=1S/C15H15N5O6/c1-25-13(23)7-11(15(24)26-2)16-10-5-3-4-9(6-10)14-17-19-20(18-14)8-12(21)22/h3-7,16H,8H2,1-2H3,(H,21,22)/b11-7+. The van der Waals surface area contributed by atoms with Crippen LogP contribution in [0, 0.1) is 0 Å². The maximum atomic E-state index is 11.8. The van der Waals surface area contributed by atoms with Gasteiger partial charge in [-0.15, -0.1) is 10.2 Å². The molecule has 2 aromatic rings. The second kappa shape index (κ2) is 8.37. The lowest BCUT2D eigenvalue weighted by Gasteiger charge is -2.09. The van der Waals surface area contributed by atoms with E-state index >= 15 is 0 Å². The number of tetrazole rings is 1. The van der Waals surface area contributed by atoms with Gasteiger partial charge in [0.05, 0.1) is 20.3 Å². The summed E-state index contributed by atoms with van der Waals surface area (Å²) in [5, 5.41) is 22.9. The number of ether oxygens (including phenoxy) is 2. The number of benzene rings is 1. The zero-order valence-electron chi connectivity index (χ0n) is 13.9. The zero-order valence-corrected chi connectivity index (χ0v) is 13.9. The van der Waals surface area contributed by atoms with Crippen LogP contribution < -0.4 is 5.32 Å². The van der Waals surface area contributed by atoms with E-state index < -0.39 is 24.5 Å². The van der Waals surface area contributed by atoms with Crippen molar-refractivity contribution >= 4 is 23.6 Å². The first-order chi connectivity index (χ1) is 12.4. The molecule has 1 aromatic heterocycles. The highest BCUT2D eigenvalue weighted by atomic mass is 16.5. The van der Waals surface area contributed by atoms with E-state index in [-0.39, 0.29) is 11.5 Å². The number of esters is 2. The monoisotopic (exact) mass is 361 g/mol. The molecule has 0 unspecified atom stereocenters. The average Bonchev–Trinajstić information content (AvgIpc) is 3.08. The number of carbonyl (C=O) groups excluding carboxylic acids is 2. The van der Waals surface area contributed by atoms with E-state index in [0.29, 0.717) is 11.3 Å². The number of anilines is 1. The summed E-state index contributed by atoms with van der Waals surface area (Å²) in [6.45, 7) is -0.417. The number of nitrogens with one attached hydrogen (secondary N) is 1. The van der Waals surface area contributed by atoms with Crippen molar-refractivity contribution in [3.05, 3.63) is 36.0 Å². The Morgan fingerprint density at radius 1 is 1.27 bits per heavy atom. The fourth-order valence-corrected chi connectivity index (χ4v) is 1.87. The van der Waals surface area contributed by atoms with Gasteiger partial charge in [-0.1, -0.05) is 12.1 Å². The highest BCUT2D eigenvalue weighted by molar-refractivity contribution is 5.98. The average molecular weight is 361 g/mol. The van der Waals surface area contributed by atoms with Crippen molar-refractivity contribution in [3.8, 4) is 11.4 Å². The van der Waals surface area contributed by atoms with Gasteiger partial charge in [0, 0.05) is 11.3 Å². The van der Waals surface area contributed by atoms with Gasteiger partial charge < -0.3 is 19.9 Å². The number of carboxylic acid groups (broad SMARTS) is 1. The third-order valence-electron chi connectivity index (χ3n) is 3.00. The summed E-state index contributed by atoms with van der Waals surface area (Å²) in [5.74, 6) is -2.38. The predicted molar refractivity (Wildman–Crippen MR) is 86.6 cm³/mol. The van der Waals surface area contributed by atoms with Crippen LogP contribution in [0.5, 0.6) is 0 Å². The molecular formula is C15H15N5O6. The highest BCUT2D eigenvalue weighted by Gasteiger charge is 2.14. The molecule has 0 saturated heterocycles. The second-order valence-electron chi connectivity index (χ2n) is 4.82. The Labute approximate surface area is 147 Å². The van der Waals surface area contributed by atoms with E-state index in [2.05, 4.69) is 30.2 Å². The Balaban J connectivity index is 2.26. The molecule has 0 amide bonds. The van der Waals surface area contributed by atoms with E-state index in [1.165, 1.54) is 14.2 Å². The molecule has 2 rings (SSSR count). The Morgan fingerprint density at radius 2 is 2.04 bits per heavy atom. The molecule has 0 radical (unpaired) electrons. The van der Waals surface area contributed by atoms with Crippen molar-refractivity contribution in [1.82, 2.24) is 20.2 Å². The summed E-state index contributed by atoms with van der Waals surface area (Å²) in [5.41, 5.74) is 0.838. The highest BCUT2D eigenvalue weighted by Crippen LogP contribution is 2.20. The molecule has 11 heteroatoms. The number of rotatable bonds is 7. The lowest BCUT2D eigenvalue weighted by Crippen LogP contribution is -2.15. The SMILES string of the molecule is COC(=O)/C=C(/Nc1cccc(-c2nnn(CC(=O)O)n2)c1)C(=O)OC. The Hall–Kier alpha value is -3.76. The van der Waals surface area contributed by atoms with E-state index in [1.54, 1.807) is 24.3 Å².